The van der Waals surface area contributed by atoms with Crippen LogP contribution in [0.3, 0.4) is 0 Å². The Balaban J connectivity index is 1.83. The molecule has 162 valence electrons. The average molecular weight is 416 g/mol. The molecule has 7 nitrogen and oxygen atoms in total. The fourth-order valence-electron chi connectivity index (χ4n) is 3.46. The zero-order chi connectivity index (χ0) is 21.3. The molecular formula is C23H28O7. The van der Waals surface area contributed by atoms with Gasteiger partial charge in [-0.25, -0.2) is 0 Å². The molecule has 1 heterocycles. The van der Waals surface area contributed by atoms with Gasteiger partial charge in [-0.05, 0) is 11.1 Å². The van der Waals surface area contributed by atoms with Gasteiger partial charge in [0.1, 0.15) is 18.3 Å². The highest BCUT2D eigenvalue weighted by molar-refractivity contribution is 5.66. The highest BCUT2D eigenvalue weighted by atomic mass is 16.7. The number of rotatable bonds is 9. The van der Waals surface area contributed by atoms with E-state index >= 15 is 0 Å². The molecule has 30 heavy (non-hydrogen) atoms. The number of methoxy groups -OCH3 is 1. The zero-order valence-corrected chi connectivity index (χ0v) is 17.2. The van der Waals surface area contributed by atoms with E-state index in [1.165, 1.54) is 14.0 Å². The van der Waals surface area contributed by atoms with E-state index in [1.807, 2.05) is 60.7 Å². The summed E-state index contributed by atoms with van der Waals surface area (Å²) in [5, 5.41) is 9.92. The van der Waals surface area contributed by atoms with Crippen molar-refractivity contribution in [2.24, 2.45) is 0 Å². The van der Waals surface area contributed by atoms with Gasteiger partial charge < -0.3 is 28.8 Å². The van der Waals surface area contributed by atoms with Crippen molar-refractivity contribution in [2.45, 2.75) is 50.8 Å². The third-order valence-electron chi connectivity index (χ3n) is 4.88. The van der Waals surface area contributed by atoms with Crippen LogP contribution >= 0.6 is 0 Å². The van der Waals surface area contributed by atoms with Crippen molar-refractivity contribution >= 4 is 5.97 Å². The Morgan fingerprint density at radius 2 is 1.43 bits per heavy atom. The predicted molar refractivity (Wildman–Crippen MR) is 108 cm³/mol. The Bertz CT molecular complexity index is 768. The van der Waals surface area contributed by atoms with Crippen LogP contribution in [-0.2, 0) is 41.7 Å². The normalized spacial score (nSPS) is 26.3. The van der Waals surface area contributed by atoms with Gasteiger partial charge in [0.2, 0.25) is 0 Å². The molecule has 0 amide bonds. The Hall–Kier alpha value is -2.29. The van der Waals surface area contributed by atoms with Gasteiger partial charge in [-0.15, -0.1) is 0 Å². The summed E-state index contributed by atoms with van der Waals surface area (Å²) in [5.74, 6) is -0.483. The van der Waals surface area contributed by atoms with Crippen molar-refractivity contribution < 1.29 is 33.6 Å². The summed E-state index contributed by atoms with van der Waals surface area (Å²) in [6, 6.07) is 19.3. The third-order valence-corrected chi connectivity index (χ3v) is 4.88. The maximum Gasteiger partial charge on any atom is 0.303 e. The van der Waals surface area contributed by atoms with Crippen LogP contribution in [0.5, 0.6) is 0 Å². The summed E-state index contributed by atoms with van der Waals surface area (Å²) >= 11 is 0. The Morgan fingerprint density at radius 3 is 1.90 bits per heavy atom. The molecule has 0 radical (unpaired) electrons. The second-order valence-corrected chi connectivity index (χ2v) is 7.06. The topological polar surface area (TPSA) is 83.5 Å². The van der Waals surface area contributed by atoms with E-state index in [2.05, 4.69) is 0 Å². The van der Waals surface area contributed by atoms with Gasteiger partial charge >= 0.3 is 5.97 Å². The Labute approximate surface area is 176 Å². The molecule has 1 aliphatic rings. The third kappa shape index (κ3) is 5.87. The van der Waals surface area contributed by atoms with E-state index in [9.17, 15) is 9.90 Å². The van der Waals surface area contributed by atoms with Gasteiger partial charge in [0.25, 0.3) is 0 Å². The van der Waals surface area contributed by atoms with Crippen molar-refractivity contribution in [3.05, 3.63) is 71.8 Å². The number of esters is 1. The highest BCUT2D eigenvalue weighted by Crippen LogP contribution is 2.30. The van der Waals surface area contributed by atoms with Crippen molar-refractivity contribution in [3.63, 3.8) is 0 Å². The van der Waals surface area contributed by atoms with E-state index in [-0.39, 0.29) is 13.2 Å². The van der Waals surface area contributed by atoms with E-state index < -0.39 is 36.7 Å². The number of aliphatic hydroxyl groups excluding tert-OH is 1. The first-order chi connectivity index (χ1) is 14.6. The highest BCUT2D eigenvalue weighted by Gasteiger charge is 2.49. The molecule has 0 aliphatic carbocycles. The molecule has 2 aromatic rings. The van der Waals surface area contributed by atoms with Crippen LogP contribution in [0.15, 0.2) is 60.7 Å². The lowest BCUT2D eigenvalue weighted by atomic mass is 9.98. The summed E-state index contributed by atoms with van der Waals surface area (Å²) in [6.45, 7) is 1.60. The Morgan fingerprint density at radius 1 is 0.900 bits per heavy atom. The number of aliphatic hydroxyl groups is 1. The molecule has 7 heteroatoms. The Kier molecular flexibility index (Phi) is 8.36. The SMILES string of the molecule is COC1OC(CO)[C@H](OCc2ccccc2)[C@H](OCc2ccccc2)[C@H]1OC(C)=O. The lowest BCUT2D eigenvalue weighted by Gasteiger charge is -2.44. The molecule has 5 atom stereocenters. The quantitative estimate of drug-likeness (QED) is 0.629. The second-order valence-electron chi connectivity index (χ2n) is 7.06. The van der Waals surface area contributed by atoms with Gasteiger partial charge in [0.05, 0.1) is 19.8 Å². The molecule has 3 rings (SSSR count). The lowest BCUT2D eigenvalue weighted by molar-refractivity contribution is -0.313. The van der Waals surface area contributed by atoms with Gasteiger partial charge in [0, 0.05) is 14.0 Å². The number of hydrogen-bond donors (Lipinski definition) is 1. The first kappa shape index (κ1) is 22.4. The van der Waals surface area contributed by atoms with E-state index in [1.54, 1.807) is 0 Å². The summed E-state index contributed by atoms with van der Waals surface area (Å²) in [5.41, 5.74) is 1.93. The molecule has 0 saturated carbocycles. The fourth-order valence-corrected chi connectivity index (χ4v) is 3.46. The zero-order valence-electron chi connectivity index (χ0n) is 17.2. The van der Waals surface area contributed by atoms with Crippen molar-refractivity contribution in [1.82, 2.24) is 0 Å². The number of carbonyl (C=O) groups excluding carboxylic acids is 1. The summed E-state index contributed by atoms with van der Waals surface area (Å²) in [4.78, 5) is 11.8. The van der Waals surface area contributed by atoms with E-state index in [4.69, 9.17) is 23.7 Å². The first-order valence-electron chi connectivity index (χ1n) is 9.89. The molecule has 0 bridgehead atoms. The smallest absolute Gasteiger partial charge is 0.303 e. The number of hydrogen-bond acceptors (Lipinski definition) is 7. The van der Waals surface area contributed by atoms with E-state index in [0.717, 1.165) is 11.1 Å². The maximum atomic E-state index is 11.8. The molecule has 2 unspecified atom stereocenters. The van der Waals surface area contributed by atoms with Crippen LogP contribution in [0.4, 0.5) is 0 Å². The van der Waals surface area contributed by atoms with Crippen molar-refractivity contribution in [2.75, 3.05) is 13.7 Å². The lowest BCUT2D eigenvalue weighted by Crippen LogP contribution is -2.61. The van der Waals surface area contributed by atoms with Crippen molar-refractivity contribution in [1.29, 1.82) is 0 Å². The standard InChI is InChI=1S/C23H28O7/c1-16(25)29-22-21(28-15-18-11-7-4-8-12-18)20(19(13-24)30-23(22)26-2)27-14-17-9-5-3-6-10-17/h3-12,19-24H,13-15H2,1-2H3/t19?,20-,21-,22+,23?/m0/s1. The summed E-state index contributed by atoms with van der Waals surface area (Å²) < 4.78 is 29.0. The van der Waals surface area contributed by atoms with Gasteiger partial charge in [0.15, 0.2) is 12.4 Å². The summed E-state index contributed by atoms with van der Waals surface area (Å²) in [7, 11) is 1.45. The first-order valence-corrected chi connectivity index (χ1v) is 9.89. The molecule has 0 spiro atoms. The van der Waals surface area contributed by atoms with Gasteiger partial charge in [-0.1, -0.05) is 60.7 Å². The summed E-state index contributed by atoms with van der Waals surface area (Å²) in [6.07, 6.45) is -3.81. The molecule has 1 N–H and O–H groups in total. The average Bonchev–Trinajstić information content (AvgIpc) is 2.77. The number of benzene rings is 2. The van der Waals surface area contributed by atoms with Crippen LogP contribution in [-0.4, -0.2) is 55.5 Å². The maximum absolute atomic E-state index is 11.8. The largest absolute Gasteiger partial charge is 0.454 e. The molecule has 1 aliphatic heterocycles. The second kappa shape index (κ2) is 11.2. The van der Waals surface area contributed by atoms with Crippen LogP contribution < -0.4 is 0 Å². The van der Waals surface area contributed by atoms with Crippen LogP contribution in [0.25, 0.3) is 0 Å². The van der Waals surface area contributed by atoms with Crippen LogP contribution in [0.2, 0.25) is 0 Å². The molecular weight excluding hydrogens is 388 g/mol. The fraction of sp³-hybridized carbons (Fsp3) is 0.435. The molecule has 2 aromatic carbocycles. The minimum Gasteiger partial charge on any atom is -0.454 e. The van der Waals surface area contributed by atoms with Crippen LogP contribution in [0, 0.1) is 0 Å². The van der Waals surface area contributed by atoms with E-state index in [0.29, 0.717) is 6.61 Å². The minimum absolute atomic E-state index is 0.281. The molecule has 0 aromatic heterocycles. The monoisotopic (exact) mass is 416 g/mol. The van der Waals surface area contributed by atoms with Crippen LogP contribution in [0.1, 0.15) is 18.1 Å². The number of carbonyl (C=O) groups is 1. The molecule has 1 saturated heterocycles. The van der Waals surface area contributed by atoms with Gasteiger partial charge in [-0.3, -0.25) is 4.79 Å². The van der Waals surface area contributed by atoms with Crippen molar-refractivity contribution in [3.8, 4) is 0 Å². The molecule has 1 fully saturated rings. The predicted octanol–water partition coefficient (Wildman–Crippen LogP) is 2.45. The minimum atomic E-state index is -0.886. The number of ether oxygens (including phenoxy) is 5. The van der Waals surface area contributed by atoms with Gasteiger partial charge in [-0.2, -0.15) is 0 Å².